The fourth-order valence-corrected chi connectivity index (χ4v) is 3.12. The van der Waals surface area contributed by atoms with E-state index in [-0.39, 0.29) is 11.9 Å². The van der Waals surface area contributed by atoms with Gasteiger partial charge >= 0.3 is 0 Å². The lowest BCUT2D eigenvalue weighted by molar-refractivity contribution is 0.0836. The Balaban J connectivity index is 1.76. The fraction of sp³-hybridized carbons (Fsp3) is 0.706. The van der Waals surface area contributed by atoms with Gasteiger partial charge in [-0.2, -0.15) is 0 Å². The molecule has 5 nitrogen and oxygen atoms in total. The molecule has 0 spiro atoms. The number of carbonyl (C=O) groups is 1. The minimum Gasteiger partial charge on any atom is -0.382 e. The van der Waals surface area contributed by atoms with Crippen LogP contribution in [0.1, 0.15) is 37.2 Å². The van der Waals surface area contributed by atoms with Crippen LogP contribution in [0.3, 0.4) is 0 Å². The summed E-state index contributed by atoms with van der Waals surface area (Å²) in [6.45, 7) is 9.08. The summed E-state index contributed by atoms with van der Waals surface area (Å²) in [7, 11) is 1.90. The van der Waals surface area contributed by atoms with Crippen LogP contribution in [0.5, 0.6) is 0 Å². The standard InChI is InChI=1S/C17H29N3O2/c1-4-22-12-6-10-20-11-8-15(14(2)13-20)18-17(21)16-7-5-9-19(16)3/h5,7,9,14-15H,4,6,8,10-13H2,1-3H3,(H,18,21)/t14-,15-/m0/s1. The molecule has 0 saturated carbocycles. The molecule has 1 aromatic heterocycles. The molecular formula is C17H29N3O2. The molecule has 0 aliphatic carbocycles. The number of hydrogen-bond acceptors (Lipinski definition) is 3. The minimum absolute atomic E-state index is 0.0362. The molecule has 2 atom stereocenters. The molecule has 22 heavy (non-hydrogen) atoms. The van der Waals surface area contributed by atoms with Gasteiger partial charge in [0.05, 0.1) is 0 Å². The summed E-state index contributed by atoms with van der Waals surface area (Å²) >= 11 is 0. The Morgan fingerprint density at radius 1 is 1.50 bits per heavy atom. The smallest absolute Gasteiger partial charge is 0.268 e. The van der Waals surface area contributed by atoms with Crippen molar-refractivity contribution in [3.05, 3.63) is 24.0 Å². The average Bonchev–Trinajstić information content (AvgIpc) is 2.92. The second-order valence-electron chi connectivity index (χ2n) is 6.20. The number of rotatable bonds is 7. The van der Waals surface area contributed by atoms with Crippen LogP contribution in [0.25, 0.3) is 0 Å². The highest BCUT2D eigenvalue weighted by atomic mass is 16.5. The highest BCUT2D eigenvalue weighted by molar-refractivity contribution is 5.92. The van der Waals surface area contributed by atoms with Gasteiger partial charge in [0.1, 0.15) is 5.69 Å². The molecule has 1 saturated heterocycles. The van der Waals surface area contributed by atoms with E-state index >= 15 is 0 Å². The molecule has 1 aliphatic heterocycles. The first kappa shape index (κ1) is 17.0. The van der Waals surface area contributed by atoms with Crippen LogP contribution in [0.15, 0.2) is 18.3 Å². The van der Waals surface area contributed by atoms with Gasteiger partial charge < -0.3 is 19.5 Å². The van der Waals surface area contributed by atoms with Crippen molar-refractivity contribution < 1.29 is 9.53 Å². The van der Waals surface area contributed by atoms with Gasteiger partial charge in [0.2, 0.25) is 0 Å². The number of aromatic nitrogens is 1. The molecule has 5 heteroatoms. The topological polar surface area (TPSA) is 46.5 Å². The van der Waals surface area contributed by atoms with Gasteiger partial charge in [-0.3, -0.25) is 4.79 Å². The fourth-order valence-electron chi connectivity index (χ4n) is 3.12. The van der Waals surface area contributed by atoms with Gasteiger partial charge in [-0.25, -0.2) is 0 Å². The lowest BCUT2D eigenvalue weighted by atomic mass is 9.93. The summed E-state index contributed by atoms with van der Waals surface area (Å²) in [4.78, 5) is 14.8. The third-order valence-electron chi connectivity index (χ3n) is 4.45. The summed E-state index contributed by atoms with van der Waals surface area (Å²) < 4.78 is 7.26. The van der Waals surface area contributed by atoms with Gasteiger partial charge in [-0.1, -0.05) is 6.92 Å². The molecule has 124 valence electrons. The van der Waals surface area contributed by atoms with Crippen LogP contribution in [0.4, 0.5) is 0 Å². The highest BCUT2D eigenvalue weighted by Gasteiger charge is 2.27. The molecule has 1 N–H and O–H groups in total. The second-order valence-corrected chi connectivity index (χ2v) is 6.20. The van der Waals surface area contributed by atoms with Crippen molar-refractivity contribution in [1.82, 2.24) is 14.8 Å². The van der Waals surface area contributed by atoms with Crippen molar-refractivity contribution in [1.29, 1.82) is 0 Å². The van der Waals surface area contributed by atoms with Crippen molar-refractivity contribution in [3.63, 3.8) is 0 Å². The number of amides is 1. The molecule has 0 bridgehead atoms. The predicted molar refractivity (Wildman–Crippen MR) is 88.0 cm³/mol. The van der Waals surface area contributed by atoms with Crippen LogP contribution in [-0.4, -0.2) is 54.3 Å². The number of carbonyl (C=O) groups excluding carboxylic acids is 1. The Kier molecular flexibility index (Phi) is 6.46. The molecule has 0 radical (unpaired) electrons. The zero-order valence-corrected chi connectivity index (χ0v) is 14.0. The normalized spacial score (nSPS) is 22.7. The molecule has 0 unspecified atom stereocenters. The predicted octanol–water partition coefficient (Wildman–Crippen LogP) is 1.89. The Hall–Kier alpha value is -1.33. The number of hydrogen-bond donors (Lipinski definition) is 1. The van der Waals surface area contributed by atoms with E-state index in [1.54, 1.807) is 0 Å². The van der Waals surface area contributed by atoms with E-state index in [4.69, 9.17) is 4.74 Å². The first-order chi connectivity index (χ1) is 10.6. The van der Waals surface area contributed by atoms with Crippen LogP contribution in [0.2, 0.25) is 0 Å². The van der Waals surface area contributed by atoms with Gasteiger partial charge in [-0.15, -0.1) is 0 Å². The molecule has 2 rings (SSSR count). The van der Waals surface area contributed by atoms with Crippen LogP contribution in [0, 0.1) is 5.92 Å². The molecule has 1 amide bonds. The lowest BCUT2D eigenvalue weighted by Crippen LogP contribution is -2.50. The summed E-state index contributed by atoms with van der Waals surface area (Å²) in [6, 6.07) is 4.04. The van der Waals surface area contributed by atoms with Crippen molar-refractivity contribution in [2.75, 3.05) is 32.8 Å². The van der Waals surface area contributed by atoms with Crippen LogP contribution >= 0.6 is 0 Å². The summed E-state index contributed by atoms with van der Waals surface area (Å²) in [6.07, 6.45) is 4.01. The van der Waals surface area contributed by atoms with Crippen molar-refractivity contribution in [3.8, 4) is 0 Å². The van der Waals surface area contributed by atoms with Gasteiger partial charge in [0, 0.05) is 52.1 Å². The first-order valence-corrected chi connectivity index (χ1v) is 8.34. The largest absolute Gasteiger partial charge is 0.382 e. The number of nitrogens with zero attached hydrogens (tertiary/aromatic N) is 2. The van der Waals surface area contributed by atoms with Crippen molar-refractivity contribution in [2.24, 2.45) is 13.0 Å². The quantitative estimate of drug-likeness (QED) is 0.783. The van der Waals surface area contributed by atoms with E-state index in [0.717, 1.165) is 51.4 Å². The molecule has 2 heterocycles. The molecule has 1 fully saturated rings. The molecule has 1 aliphatic rings. The number of piperidine rings is 1. The van der Waals surface area contributed by atoms with Crippen LogP contribution in [-0.2, 0) is 11.8 Å². The number of ether oxygens (including phenoxy) is 1. The SMILES string of the molecule is CCOCCCN1CC[C@H](NC(=O)c2cccn2C)[C@@H](C)C1. The zero-order valence-electron chi connectivity index (χ0n) is 14.0. The monoisotopic (exact) mass is 307 g/mol. The first-order valence-electron chi connectivity index (χ1n) is 8.34. The third-order valence-corrected chi connectivity index (χ3v) is 4.45. The van der Waals surface area contributed by atoms with E-state index in [2.05, 4.69) is 17.1 Å². The summed E-state index contributed by atoms with van der Waals surface area (Å²) in [5.41, 5.74) is 0.728. The average molecular weight is 307 g/mol. The van der Waals surface area contributed by atoms with Gasteiger partial charge in [-0.05, 0) is 37.8 Å². The van der Waals surface area contributed by atoms with Crippen molar-refractivity contribution in [2.45, 2.75) is 32.7 Å². The Morgan fingerprint density at radius 2 is 2.32 bits per heavy atom. The number of likely N-dealkylation sites (tertiary alicyclic amines) is 1. The highest BCUT2D eigenvalue weighted by Crippen LogP contribution is 2.17. The van der Waals surface area contributed by atoms with E-state index in [9.17, 15) is 4.79 Å². The Morgan fingerprint density at radius 3 is 2.95 bits per heavy atom. The second kappa shape index (κ2) is 8.34. The lowest BCUT2D eigenvalue weighted by Gasteiger charge is -2.37. The van der Waals surface area contributed by atoms with E-state index in [1.807, 2.05) is 36.9 Å². The van der Waals surface area contributed by atoms with Crippen LogP contribution < -0.4 is 5.32 Å². The minimum atomic E-state index is 0.0362. The van der Waals surface area contributed by atoms with Crippen molar-refractivity contribution >= 4 is 5.91 Å². The number of aryl methyl sites for hydroxylation is 1. The molecular weight excluding hydrogens is 278 g/mol. The Bertz CT molecular complexity index is 472. The zero-order chi connectivity index (χ0) is 15.9. The van der Waals surface area contributed by atoms with E-state index in [0.29, 0.717) is 5.92 Å². The number of nitrogens with one attached hydrogen (secondary N) is 1. The summed E-state index contributed by atoms with van der Waals surface area (Å²) in [5.74, 6) is 0.513. The van der Waals surface area contributed by atoms with Gasteiger partial charge in [0.25, 0.3) is 5.91 Å². The maximum absolute atomic E-state index is 12.3. The maximum Gasteiger partial charge on any atom is 0.268 e. The maximum atomic E-state index is 12.3. The van der Waals surface area contributed by atoms with E-state index in [1.165, 1.54) is 0 Å². The van der Waals surface area contributed by atoms with E-state index < -0.39 is 0 Å². The third kappa shape index (κ3) is 4.58. The molecule has 0 aromatic carbocycles. The Labute approximate surface area is 133 Å². The van der Waals surface area contributed by atoms with Gasteiger partial charge in [0.15, 0.2) is 0 Å². The summed E-state index contributed by atoms with van der Waals surface area (Å²) in [5, 5.41) is 3.20. The molecule has 1 aromatic rings.